The van der Waals surface area contributed by atoms with Gasteiger partial charge in [-0.1, -0.05) is 11.6 Å². The summed E-state index contributed by atoms with van der Waals surface area (Å²) < 4.78 is 0. The normalized spacial score (nSPS) is 19.7. The number of nitrogens with one attached hydrogen (secondary N) is 1. The molecule has 0 spiro atoms. The Morgan fingerprint density at radius 3 is 3.00 bits per heavy atom. The number of pyridine rings is 1. The van der Waals surface area contributed by atoms with E-state index in [-0.39, 0.29) is 0 Å². The van der Waals surface area contributed by atoms with Crippen LogP contribution in [-0.2, 0) is 0 Å². The highest BCUT2D eigenvalue weighted by atomic mass is 35.5. The fourth-order valence-corrected chi connectivity index (χ4v) is 1.82. The third-order valence-corrected chi connectivity index (χ3v) is 3.04. The Morgan fingerprint density at radius 1 is 1.67 bits per heavy atom. The van der Waals surface area contributed by atoms with Crippen LogP contribution in [0.15, 0.2) is 18.3 Å². The van der Waals surface area contributed by atoms with Gasteiger partial charge < -0.3 is 10.4 Å². The monoisotopic (exact) mass is 226 g/mol. The van der Waals surface area contributed by atoms with E-state index >= 15 is 0 Å². The standard InChI is InChI=1S/C11H15ClN2O/c1-11(15,8-2-3-8)7-14-9-4-5-13-10(12)6-9/h4-6,8,15H,2-3,7H2,1H3,(H,13,14). The van der Waals surface area contributed by atoms with Crippen molar-refractivity contribution in [2.45, 2.75) is 25.4 Å². The van der Waals surface area contributed by atoms with E-state index in [0.717, 1.165) is 18.5 Å². The molecule has 0 saturated heterocycles. The number of aliphatic hydroxyl groups is 1. The highest BCUT2D eigenvalue weighted by molar-refractivity contribution is 6.29. The van der Waals surface area contributed by atoms with Crippen molar-refractivity contribution in [1.29, 1.82) is 0 Å². The van der Waals surface area contributed by atoms with Crippen LogP contribution in [0, 0.1) is 5.92 Å². The predicted octanol–water partition coefficient (Wildman–Crippen LogP) is 2.31. The van der Waals surface area contributed by atoms with Crippen molar-refractivity contribution in [1.82, 2.24) is 4.98 Å². The molecule has 0 radical (unpaired) electrons. The zero-order valence-corrected chi connectivity index (χ0v) is 9.46. The first kappa shape index (κ1) is 10.7. The predicted molar refractivity (Wildman–Crippen MR) is 61.1 cm³/mol. The summed E-state index contributed by atoms with van der Waals surface area (Å²) in [6.07, 6.45) is 3.91. The summed E-state index contributed by atoms with van der Waals surface area (Å²) in [6.45, 7) is 2.43. The zero-order chi connectivity index (χ0) is 10.9. The lowest BCUT2D eigenvalue weighted by atomic mass is 10.0. The van der Waals surface area contributed by atoms with E-state index in [1.807, 2.05) is 13.0 Å². The Morgan fingerprint density at radius 2 is 2.40 bits per heavy atom. The van der Waals surface area contributed by atoms with Crippen LogP contribution in [0.3, 0.4) is 0 Å². The summed E-state index contributed by atoms with van der Waals surface area (Å²) in [6, 6.07) is 3.60. The number of nitrogens with zero attached hydrogens (tertiary/aromatic N) is 1. The summed E-state index contributed by atoms with van der Waals surface area (Å²) in [5.41, 5.74) is 0.284. The molecule has 1 atom stereocenters. The lowest BCUT2D eigenvalue weighted by Gasteiger charge is -2.23. The molecule has 15 heavy (non-hydrogen) atoms. The van der Waals surface area contributed by atoms with E-state index in [1.165, 1.54) is 0 Å². The minimum atomic E-state index is -0.615. The molecule has 1 saturated carbocycles. The Bertz CT molecular complexity index is 350. The first-order valence-electron chi connectivity index (χ1n) is 5.16. The summed E-state index contributed by atoms with van der Waals surface area (Å²) in [4.78, 5) is 3.89. The molecule has 3 nitrogen and oxygen atoms in total. The maximum atomic E-state index is 10.1. The van der Waals surface area contributed by atoms with E-state index in [2.05, 4.69) is 10.3 Å². The van der Waals surface area contributed by atoms with Crippen LogP contribution >= 0.6 is 11.6 Å². The van der Waals surface area contributed by atoms with Gasteiger partial charge in [0.1, 0.15) is 5.15 Å². The summed E-state index contributed by atoms with van der Waals surface area (Å²) in [5, 5.41) is 13.7. The number of anilines is 1. The Balaban J connectivity index is 1.92. The molecule has 1 fully saturated rings. The van der Waals surface area contributed by atoms with E-state index in [4.69, 9.17) is 11.6 Å². The minimum Gasteiger partial charge on any atom is -0.388 e. The number of rotatable bonds is 4. The quantitative estimate of drug-likeness (QED) is 0.775. The van der Waals surface area contributed by atoms with Crippen molar-refractivity contribution in [3.63, 3.8) is 0 Å². The lowest BCUT2D eigenvalue weighted by molar-refractivity contribution is 0.0503. The lowest BCUT2D eigenvalue weighted by Crippen LogP contribution is -2.35. The minimum absolute atomic E-state index is 0.447. The molecule has 1 aromatic heterocycles. The highest BCUT2D eigenvalue weighted by Gasteiger charge is 2.39. The summed E-state index contributed by atoms with van der Waals surface area (Å²) in [5.74, 6) is 0.447. The molecule has 0 aliphatic heterocycles. The smallest absolute Gasteiger partial charge is 0.131 e. The van der Waals surface area contributed by atoms with Crippen molar-refractivity contribution in [2.24, 2.45) is 5.92 Å². The van der Waals surface area contributed by atoms with Gasteiger partial charge in [-0.3, -0.25) is 0 Å². The Labute approximate surface area is 94.5 Å². The first-order chi connectivity index (χ1) is 7.08. The Kier molecular flexibility index (Phi) is 2.85. The summed E-state index contributed by atoms with van der Waals surface area (Å²) >= 11 is 5.76. The van der Waals surface area contributed by atoms with Crippen LogP contribution in [0.5, 0.6) is 0 Å². The second kappa shape index (κ2) is 3.99. The van der Waals surface area contributed by atoms with Crippen LogP contribution in [0.2, 0.25) is 5.15 Å². The van der Waals surface area contributed by atoms with Crippen molar-refractivity contribution in [2.75, 3.05) is 11.9 Å². The molecule has 0 aromatic carbocycles. The molecule has 1 aromatic rings. The van der Waals surface area contributed by atoms with E-state index in [1.54, 1.807) is 12.3 Å². The topological polar surface area (TPSA) is 45.1 Å². The largest absolute Gasteiger partial charge is 0.388 e. The number of aromatic nitrogens is 1. The molecule has 1 aliphatic carbocycles. The fraction of sp³-hybridized carbons (Fsp3) is 0.545. The van der Waals surface area contributed by atoms with Crippen molar-refractivity contribution < 1.29 is 5.11 Å². The van der Waals surface area contributed by atoms with Crippen LogP contribution < -0.4 is 5.32 Å². The second-order valence-corrected chi connectivity index (χ2v) is 4.74. The molecule has 2 N–H and O–H groups in total. The van der Waals surface area contributed by atoms with E-state index in [0.29, 0.717) is 17.6 Å². The zero-order valence-electron chi connectivity index (χ0n) is 8.70. The van der Waals surface area contributed by atoms with Crippen molar-refractivity contribution in [3.8, 4) is 0 Å². The molecule has 1 heterocycles. The number of hydrogen-bond acceptors (Lipinski definition) is 3. The second-order valence-electron chi connectivity index (χ2n) is 4.35. The van der Waals surface area contributed by atoms with E-state index < -0.39 is 5.60 Å². The molecule has 1 unspecified atom stereocenters. The average Bonchev–Trinajstić information content (AvgIpc) is 2.98. The maximum Gasteiger partial charge on any atom is 0.131 e. The van der Waals surface area contributed by atoms with Gasteiger partial charge in [-0.05, 0) is 37.8 Å². The van der Waals surface area contributed by atoms with Crippen LogP contribution in [0.4, 0.5) is 5.69 Å². The SMILES string of the molecule is CC(O)(CNc1ccnc(Cl)c1)C1CC1. The summed E-state index contributed by atoms with van der Waals surface area (Å²) in [7, 11) is 0. The molecule has 2 rings (SSSR count). The van der Waals surface area contributed by atoms with Gasteiger partial charge in [0, 0.05) is 18.4 Å². The van der Waals surface area contributed by atoms with Crippen molar-refractivity contribution in [3.05, 3.63) is 23.5 Å². The average molecular weight is 227 g/mol. The van der Waals surface area contributed by atoms with Gasteiger partial charge in [0.05, 0.1) is 5.60 Å². The third-order valence-electron chi connectivity index (χ3n) is 2.83. The highest BCUT2D eigenvalue weighted by Crippen LogP contribution is 2.39. The Hall–Kier alpha value is -0.800. The fourth-order valence-electron chi connectivity index (χ4n) is 1.64. The van der Waals surface area contributed by atoms with Gasteiger partial charge in [-0.2, -0.15) is 0 Å². The molecule has 0 bridgehead atoms. The molecule has 0 amide bonds. The molecule has 1 aliphatic rings. The van der Waals surface area contributed by atoms with Gasteiger partial charge in [0.25, 0.3) is 0 Å². The van der Waals surface area contributed by atoms with Gasteiger partial charge in [0.15, 0.2) is 0 Å². The van der Waals surface area contributed by atoms with E-state index in [9.17, 15) is 5.11 Å². The number of hydrogen-bond donors (Lipinski definition) is 2. The third kappa shape index (κ3) is 2.83. The van der Waals surface area contributed by atoms with Gasteiger partial charge >= 0.3 is 0 Å². The molecule has 4 heteroatoms. The van der Waals surface area contributed by atoms with Crippen molar-refractivity contribution >= 4 is 17.3 Å². The molecule has 82 valence electrons. The first-order valence-corrected chi connectivity index (χ1v) is 5.53. The van der Waals surface area contributed by atoms with Gasteiger partial charge in [-0.25, -0.2) is 4.98 Å². The van der Waals surface area contributed by atoms with Gasteiger partial charge in [-0.15, -0.1) is 0 Å². The van der Waals surface area contributed by atoms with Crippen LogP contribution in [0.25, 0.3) is 0 Å². The number of halogens is 1. The van der Waals surface area contributed by atoms with Crippen LogP contribution in [0.1, 0.15) is 19.8 Å². The van der Waals surface area contributed by atoms with Crippen LogP contribution in [-0.4, -0.2) is 22.2 Å². The molecular weight excluding hydrogens is 212 g/mol. The molecular formula is C11H15ClN2O. The maximum absolute atomic E-state index is 10.1. The van der Waals surface area contributed by atoms with Gasteiger partial charge in [0.2, 0.25) is 0 Å².